The molecule has 150 valence electrons. The Bertz CT molecular complexity index is 822. The monoisotopic (exact) mass is 385 g/mol. The number of hydrogen-bond donors (Lipinski definition) is 1. The Labute approximate surface area is 165 Å². The lowest BCUT2D eigenvalue weighted by molar-refractivity contribution is -0.145. The Balaban J connectivity index is 2.19. The van der Waals surface area contributed by atoms with Gasteiger partial charge >= 0.3 is 5.97 Å². The van der Waals surface area contributed by atoms with Gasteiger partial charge in [0.15, 0.2) is 11.5 Å². The summed E-state index contributed by atoms with van der Waals surface area (Å²) in [7, 11) is 4.83. The van der Waals surface area contributed by atoms with E-state index >= 15 is 0 Å². The van der Waals surface area contributed by atoms with Crippen LogP contribution in [0.5, 0.6) is 17.2 Å². The molecule has 1 saturated heterocycles. The Hall–Kier alpha value is -2.73. The molecule has 1 heterocycles. The van der Waals surface area contributed by atoms with E-state index in [0.29, 0.717) is 24.5 Å². The molecule has 6 heteroatoms. The maximum absolute atomic E-state index is 12.0. The number of piperidine rings is 1. The molecule has 1 N–H and O–H groups in total. The number of rotatable bonds is 7. The van der Waals surface area contributed by atoms with Crippen molar-refractivity contribution in [2.24, 2.45) is 0 Å². The van der Waals surface area contributed by atoms with Gasteiger partial charge < -0.3 is 19.3 Å². The van der Waals surface area contributed by atoms with Gasteiger partial charge in [-0.3, -0.25) is 9.69 Å². The van der Waals surface area contributed by atoms with Crippen LogP contribution < -0.4 is 14.2 Å². The summed E-state index contributed by atoms with van der Waals surface area (Å²) in [5.74, 6) is 1.17. The molecule has 2 aromatic carbocycles. The molecule has 6 nitrogen and oxygen atoms in total. The number of ether oxygens (including phenoxy) is 3. The quantitative estimate of drug-likeness (QED) is 0.783. The Morgan fingerprint density at radius 2 is 1.86 bits per heavy atom. The van der Waals surface area contributed by atoms with Crippen molar-refractivity contribution in [1.29, 1.82) is 0 Å². The average molecular weight is 385 g/mol. The topological polar surface area (TPSA) is 68.2 Å². The van der Waals surface area contributed by atoms with Crippen LogP contribution in [0.3, 0.4) is 0 Å². The van der Waals surface area contributed by atoms with Crippen LogP contribution >= 0.6 is 0 Å². The number of likely N-dealkylation sites (tertiary alicyclic amines) is 1. The van der Waals surface area contributed by atoms with Crippen molar-refractivity contribution in [2.75, 3.05) is 27.9 Å². The molecule has 1 aliphatic heterocycles. The van der Waals surface area contributed by atoms with Crippen molar-refractivity contribution in [3.05, 3.63) is 53.6 Å². The molecule has 0 radical (unpaired) electrons. The van der Waals surface area contributed by atoms with Crippen LogP contribution in [0.4, 0.5) is 0 Å². The van der Waals surface area contributed by atoms with Crippen LogP contribution in [0.25, 0.3) is 0 Å². The number of carbonyl (C=O) groups is 1. The van der Waals surface area contributed by atoms with Gasteiger partial charge in [-0.15, -0.1) is 0 Å². The third-order valence-electron chi connectivity index (χ3n) is 5.30. The summed E-state index contributed by atoms with van der Waals surface area (Å²) in [6.07, 6.45) is 2.49. The van der Waals surface area contributed by atoms with Crippen LogP contribution in [-0.2, 0) is 4.79 Å². The zero-order valence-electron chi connectivity index (χ0n) is 16.6. The number of methoxy groups -OCH3 is 3. The average Bonchev–Trinajstić information content (AvgIpc) is 2.74. The smallest absolute Gasteiger partial charge is 0.320 e. The normalized spacial score (nSPS) is 18.3. The second kappa shape index (κ2) is 8.97. The first-order valence-corrected chi connectivity index (χ1v) is 9.44. The molecule has 2 aromatic rings. The minimum atomic E-state index is -0.797. The van der Waals surface area contributed by atoms with Gasteiger partial charge in [0, 0.05) is 5.56 Å². The highest BCUT2D eigenvalue weighted by molar-refractivity contribution is 5.74. The largest absolute Gasteiger partial charge is 0.497 e. The highest BCUT2D eigenvalue weighted by atomic mass is 16.5. The molecule has 2 unspecified atom stereocenters. The van der Waals surface area contributed by atoms with Crippen LogP contribution in [0.15, 0.2) is 42.5 Å². The maximum atomic E-state index is 12.0. The first-order chi connectivity index (χ1) is 13.6. The second-order valence-corrected chi connectivity index (χ2v) is 6.85. The lowest BCUT2D eigenvalue weighted by Gasteiger charge is -2.40. The van der Waals surface area contributed by atoms with Gasteiger partial charge in [0.1, 0.15) is 11.8 Å². The summed E-state index contributed by atoms with van der Waals surface area (Å²) in [4.78, 5) is 14.1. The molecule has 1 aliphatic rings. The van der Waals surface area contributed by atoms with Crippen molar-refractivity contribution >= 4 is 5.97 Å². The predicted octanol–water partition coefficient (Wildman–Crippen LogP) is 3.74. The van der Waals surface area contributed by atoms with Crippen molar-refractivity contribution in [3.63, 3.8) is 0 Å². The summed E-state index contributed by atoms with van der Waals surface area (Å²) in [6, 6.07) is 12.6. The Morgan fingerprint density at radius 3 is 2.54 bits per heavy atom. The van der Waals surface area contributed by atoms with Crippen molar-refractivity contribution in [3.8, 4) is 17.2 Å². The lowest BCUT2D eigenvalue weighted by atomic mass is 9.91. The number of benzene rings is 2. The first kappa shape index (κ1) is 20.0. The van der Waals surface area contributed by atoms with Gasteiger partial charge in [-0.1, -0.05) is 30.7 Å². The van der Waals surface area contributed by atoms with Gasteiger partial charge in [-0.2, -0.15) is 0 Å². The zero-order chi connectivity index (χ0) is 20.1. The van der Waals surface area contributed by atoms with Crippen LogP contribution in [0, 0.1) is 0 Å². The molecule has 28 heavy (non-hydrogen) atoms. The third kappa shape index (κ3) is 3.92. The van der Waals surface area contributed by atoms with Crippen molar-refractivity contribution in [1.82, 2.24) is 4.90 Å². The molecule has 0 aromatic heterocycles. The molecular weight excluding hydrogens is 358 g/mol. The van der Waals surface area contributed by atoms with E-state index in [4.69, 9.17) is 14.2 Å². The Kier molecular flexibility index (Phi) is 6.41. The number of aliphatic carboxylic acids is 1. The minimum Gasteiger partial charge on any atom is -0.497 e. The summed E-state index contributed by atoms with van der Waals surface area (Å²) in [6.45, 7) is 0.694. The fraction of sp³-hybridized carbons (Fsp3) is 0.409. The van der Waals surface area contributed by atoms with Gasteiger partial charge in [-0.25, -0.2) is 0 Å². The molecule has 0 spiro atoms. The standard InChI is InChI=1S/C22H27NO5/c1-26-16-9-6-8-15(14-16)20(23-13-5-4-11-18(23)22(24)25)17-10-7-12-19(27-2)21(17)28-3/h6-10,12,14,18,20H,4-5,11,13H2,1-3H3,(H,24,25). The maximum Gasteiger partial charge on any atom is 0.320 e. The SMILES string of the molecule is COc1cccc(C(c2cccc(OC)c2OC)N2CCCCC2C(=O)O)c1. The summed E-state index contributed by atoms with van der Waals surface area (Å²) >= 11 is 0. The first-order valence-electron chi connectivity index (χ1n) is 9.44. The Morgan fingerprint density at radius 1 is 1.07 bits per heavy atom. The number of para-hydroxylation sites is 1. The van der Waals surface area contributed by atoms with Gasteiger partial charge in [0.2, 0.25) is 0 Å². The van der Waals surface area contributed by atoms with E-state index < -0.39 is 12.0 Å². The fourth-order valence-electron chi connectivity index (χ4n) is 4.02. The molecule has 2 atom stereocenters. The third-order valence-corrected chi connectivity index (χ3v) is 5.30. The lowest BCUT2D eigenvalue weighted by Crippen LogP contribution is -2.46. The van der Waals surface area contributed by atoms with E-state index in [9.17, 15) is 9.90 Å². The fourth-order valence-corrected chi connectivity index (χ4v) is 4.02. The number of hydrogen-bond acceptors (Lipinski definition) is 5. The highest BCUT2D eigenvalue weighted by Crippen LogP contribution is 2.42. The highest BCUT2D eigenvalue weighted by Gasteiger charge is 2.36. The minimum absolute atomic E-state index is 0.290. The molecule has 0 amide bonds. The molecule has 0 bridgehead atoms. The van der Waals surface area contributed by atoms with E-state index in [1.54, 1.807) is 21.3 Å². The van der Waals surface area contributed by atoms with Gasteiger partial charge in [-0.05, 0) is 43.1 Å². The summed E-state index contributed by atoms with van der Waals surface area (Å²) in [5.41, 5.74) is 1.84. The van der Waals surface area contributed by atoms with Crippen molar-refractivity contribution < 1.29 is 24.1 Å². The molecule has 0 saturated carbocycles. The van der Waals surface area contributed by atoms with E-state index in [1.807, 2.05) is 42.5 Å². The molecular formula is C22H27NO5. The van der Waals surface area contributed by atoms with Crippen LogP contribution in [0.2, 0.25) is 0 Å². The molecule has 3 rings (SSSR count). The van der Waals surface area contributed by atoms with E-state index in [0.717, 1.165) is 29.7 Å². The van der Waals surface area contributed by atoms with E-state index in [-0.39, 0.29) is 6.04 Å². The van der Waals surface area contributed by atoms with Crippen molar-refractivity contribution in [2.45, 2.75) is 31.3 Å². The number of carboxylic acid groups (broad SMARTS) is 1. The van der Waals surface area contributed by atoms with Crippen LogP contribution in [-0.4, -0.2) is 49.9 Å². The predicted molar refractivity (Wildman–Crippen MR) is 106 cm³/mol. The molecule has 1 fully saturated rings. The zero-order valence-corrected chi connectivity index (χ0v) is 16.6. The van der Waals surface area contributed by atoms with E-state index in [2.05, 4.69) is 4.90 Å². The van der Waals surface area contributed by atoms with Gasteiger partial charge in [0.05, 0.1) is 27.4 Å². The number of carboxylic acids is 1. The summed E-state index contributed by atoms with van der Waals surface area (Å²) < 4.78 is 16.6. The van der Waals surface area contributed by atoms with Crippen LogP contribution in [0.1, 0.15) is 36.4 Å². The molecule has 0 aliphatic carbocycles. The second-order valence-electron chi connectivity index (χ2n) is 6.85. The number of nitrogens with zero attached hydrogens (tertiary/aromatic N) is 1. The summed E-state index contributed by atoms with van der Waals surface area (Å²) in [5, 5.41) is 9.86. The van der Waals surface area contributed by atoms with E-state index in [1.165, 1.54) is 0 Å². The van der Waals surface area contributed by atoms with Gasteiger partial charge in [0.25, 0.3) is 0 Å².